The average molecular weight is 402 g/mol. The summed E-state index contributed by atoms with van der Waals surface area (Å²) >= 11 is 3.38. The van der Waals surface area contributed by atoms with Gasteiger partial charge in [0.25, 0.3) is 5.91 Å². The number of benzene rings is 1. The van der Waals surface area contributed by atoms with E-state index in [1.54, 1.807) is 23.1 Å². The summed E-state index contributed by atoms with van der Waals surface area (Å²) < 4.78 is 5.29. The Morgan fingerprint density at radius 1 is 1.19 bits per heavy atom. The Balaban J connectivity index is 1.32. The third-order valence-electron chi connectivity index (χ3n) is 4.09. The van der Waals surface area contributed by atoms with Crippen molar-refractivity contribution in [2.75, 3.05) is 12.8 Å². The first kappa shape index (κ1) is 19.6. The van der Waals surface area contributed by atoms with Crippen molar-refractivity contribution in [3.8, 4) is 10.7 Å². The first-order valence-electron chi connectivity index (χ1n) is 8.99. The van der Waals surface area contributed by atoms with Crippen LogP contribution in [0.25, 0.3) is 10.7 Å². The summed E-state index contributed by atoms with van der Waals surface area (Å²) in [5.41, 5.74) is 1.95. The zero-order valence-corrected chi connectivity index (χ0v) is 16.9. The van der Waals surface area contributed by atoms with Crippen LogP contribution in [0.4, 0.5) is 0 Å². The Morgan fingerprint density at radius 2 is 2.04 bits per heavy atom. The number of nitrogens with zero attached hydrogens (tertiary/aromatic N) is 2. The molecule has 1 aromatic carbocycles. The van der Waals surface area contributed by atoms with Crippen LogP contribution in [0.1, 0.15) is 41.1 Å². The molecule has 0 aliphatic heterocycles. The van der Waals surface area contributed by atoms with Crippen molar-refractivity contribution in [1.29, 1.82) is 0 Å². The lowest BCUT2D eigenvalue weighted by atomic mass is 10.1. The van der Waals surface area contributed by atoms with Crippen LogP contribution >= 0.6 is 23.1 Å². The van der Waals surface area contributed by atoms with Crippen LogP contribution in [0.15, 0.2) is 46.3 Å². The molecule has 0 aliphatic rings. The molecular weight excluding hydrogens is 378 g/mol. The van der Waals surface area contributed by atoms with Gasteiger partial charge in [-0.05, 0) is 48.2 Å². The molecule has 1 N–H and O–H groups in total. The molecule has 0 unspecified atom stereocenters. The second kappa shape index (κ2) is 10.3. The fraction of sp³-hybridized carbons (Fsp3) is 0.350. The van der Waals surface area contributed by atoms with Gasteiger partial charge in [0.05, 0.1) is 4.88 Å². The minimum absolute atomic E-state index is 0.0109. The van der Waals surface area contributed by atoms with Crippen LogP contribution in [-0.2, 0) is 12.2 Å². The van der Waals surface area contributed by atoms with Gasteiger partial charge >= 0.3 is 0 Å². The van der Waals surface area contributed by atoms with Crippen LogP contribution in [-0.4, -0.2) is 28.8 Å². The lowest BCUT2D eigenvalue weighted by Crippen LogP contribution is -2.24. The largest absolute Gasteiger partial charge is 0.352 e. The smallest absolute Gasteiger partial charge is 0.251 e. The highest BCUT2D eigenvalue weighted by molar-refractivity contribution is 7.97. The highest BCUT2D eigenvalue weighted by atomic mass is 32.2. The number of thioether (sulfide) groups is 1. The van der Waals surface area contributed by atoms with Gasteiger partial charge in [0.1, 0.15) is 0 Å². The Bertz CT molecular complexity index is 829. The number of amides is 1. The fourth-order valence-corrected chi connectivity index (χ4v) is 3.84. The zero-order chi connectivity index (χ0) is 18.9. The maximum atomic E-state index is 12.1. The molecule has 0 bridgehead atoms. The summed E-state index contributed by atoms with van der Waals surface area (Å²) in [5, 5.41) is 8.99. The van der Waals surface area contributed by atoms with E-state index < -0.39 is 0 Å². The summed E-state index contributed by atoms with van der Waals surface area (Å²) in [5.74, 6) is 2.29. The third-order valence-corrected chi connectivity index (χ3v) is 5.58. The van der Waals surface area contributed by atoms with Gasteiger partial charge in [-0.1, -0.05) is 29.8 Å². The van der Waals surface area contributed by atoms with Crippen molar-refractivity contribution in [2.24, 2.45) is 0 Å². The van der Waals surface area contributed by atoms with E-state index in [4.69, 9.17) is 4.52 Å². The number of aromatic nitrogens is 2. The highest BCUT2D eigenvalue weighted by Gasteiger charge is 2.09. The van der Waals surface area contributed by atoms with Crippen LogP contribution in [0.5, 0.6) is 0 Å². The minimum Gasteiger partial charge on any atom is -0.352 e. The zero-order valence-electron chi connectivity index (χ0n) is 15.3. The van der Waals surface area contributed by atoms with Crippen molar-refractivity contribution in [2.45, 2.75) is 31.4 Å². The molecule has 0 aliphatic carbocycles. The predicted octanol–water partition coefficient (Wildman–Crippen LogP) is 4.80. The summed E-state index contributed by atoms with van der Waals surface area (Å²) in [4.78, 5) is 17.6. The van der Waals surface area contributed by atoms with Crippen LogP contribution in [0.3, 0.4) is 0 Å². The van der Waals surface area contributed by atoms with Crippen molar-refractivity contribution >= 4 is 29.0 Å². The van der Waals surface area contributed by atoms with Crippen molar-refractivity contribution < 1.29 is 9.32 Å². The Labute approximate surface area is 167 Å². The average Bonchev–Trinajstić information content (AvgIpc) is 3.37. The number of rotatable bonds is 10. The Hall–Kier alpha value is -2.12. The van der Waals surface area contributed by atoms with Crippen molar-refractivity contribution in [1.82, 2.24) is 15.5 Å². The number of unbranched alkanes of at least 4 members (excludes halogenated alkanes) is 2. The molecule has 3 rings (SSSR count). The minimum atomic E-state index is -0.0109. The maximum Gasteiger partial charge on any atom is 0.251 e. The topological polar surface area (TPSA) is 68.0 Å². The lowest BCUT2D eigenvalue weighted by molar-refractivity contribution is 0.0953. The number of hydrogen-bond donors (Lipinski definition) is 1. The number of thiophene rings is 1. The molecule has 7 heteroatoms. The molecule has 1 amide bonds. The molecule has 27 heavy (non-hydrogen) atoms. The SMILES string of the molecule is CSCc1ccc(C(=O)NCCCCCc2nc(-c3cccs3)no2)cc1. The molecule has 0 spiro atoms. The van der Waals surface area contributed by atoms with E-state index in [9.17, 15) is 4.79 Å². The maximum absolute atomic E-state index is 12.1. The monoisotopic (exact) mass is 401 g/mol. The summed E-state index contributed by atoms with van der Waals surface area (Å²) in [6.07, 6.45) is 5.74. The van der Waals surface area contributed by atoms with Gasteiger partial charge in [-0.15, -0.1) is 11.3 Å². The number of nitrogens with one attached hydrogen (secondary N) is 1. The first-order valence-corrected chi connectivity index (χ1v) is 11.3. The van der Waals surface area contributed by atoms with Crippen LogP contribution in [0, 0.1) is 0 Å². The van der Waals surface area contributed by atoms with E-state index in [2.05, 4.69) is 21.7 Å². The van der Waals surface area contributed by atoms with E-state index in [1.807, 2.05) is 41.8 Å². The van der Waals surface area contributed by atoms with Crippen LogP contribution < -0.4 is 5.32 Å². The molecule has 2 aromatic heterocycles. The Kier molecular flexibility index (Phi) is 7.47. The molecular formula is C20H23N3O2S2. The van der Waals surface area contributed by atoms with Gasteiger partial charge < -0.3 is 9.84 Å². The summed E-state index contributed by atoms with van der Waals surface area (Å²) in [6.45, 7) is 0.676. The number of aryl methyl sites for hydroxylation is 1. The molecule has 0 atom stereocenters. The quantitative estimate of drug-likeness (QED) is 0.494. The molecule has 0 saturated carbocycles. The number of hydrogen-bond acceptors (Lipinski definition) is 6. The third kappa shape index (κ3) is 5.94. The molecule has 5 nitrogen and oxygen atoms in total. The molecule has 142 valence electrons. The van der Waals surface area contributed by atoms with Gasteiger partial charge in [-0.3, -0.25) is 4.79 Å². The van der Waals surface area contributed by atoms with Gasteiger partial charge in [-0.2, -0.15) is 16.7 Å². The molecule has 2 heterocycles. The standard InChI is InChI=1S/C20H23N3O2S2/c1-26-14-15-8-10-16(11-9-15)20(24)21-12-4-2-3-7-18-22-19(23-25-18)17-6-5-13-27-17/h5-6,8-11,13H,2-4,7,12,14H2,1H3,(H,21,24). The second-order valence-corrected chi connectivity index (χ2v) is 8.00. The van der Waals surface area contributed by atoms with E-state index in [0.29, 0.717) is 23.8 Å². The highest BCUT2D eigenvalue weighted by Crippen LogP contribution is 2.21. The van der Waals surface area contributed by atoms with Crippen molar-refractivity contribution in [3.63, 3.8) is 0 Å². The lowest BCUT2D eigenvalue weighted by Gasteiger charge is -2.06. The second-order valence-electron chi connectivity index (χ2n) is 6.19. The number of carbonyl (C=O) groups excluding carboxylic acids is 1. The molecule has 0 radical (unpaired) electrons. The summed E-state index contributed by atoms with van der Waals surface area (Å²) in [6, 6.07) is 11.8. The first-order chi connectivity index (χ1) is 13.3. The van der Waals surface area contributed by atoms with Gasteiger partial charge in [0.15, 0.2) is 0 Å². The van der Waals surface area contributed by atoms with Gasteiger partial charge in [0, 0.05) is 24.3 Å². The molecule has 3 aromatic rings. The fourth-order valence-electron chi connectivity index (χ4n) is 2.66. The van der Waals surface area contributed by atoms with Crippen LogP contribution in [0.2, 0.25) is 0 Å². The van der Waals surface area contributed by atoms with E-state index in [0.717, 1.165) is 36.3 Å². The van der Waals surface area contributed by atoms with E-state index >= 15 is 0 Å². The van der Waals surface area contributed by atoms with E-state index in [-0.39, 0.29) is 5.91 Å². The molecule has 0 saturated heterocycles. The van der Waals surface area contributed by atoms with Gasteiger partial charge in [0.2, 0.25) is 11.7 Å². The van der Waals surface area contributed by atoms with E-state index in [1.165, 1.54) is 5.56 Å². The summed E-state index contributed by atoms with van der Waals surface area (Å²) in [7, 11) is 0. The predicted molar refractivity (Wildman–Crippen MR) is 111 cm³/mol. The number of carbonyl (C=O) groups is 1. The normalized spacial score (nSPS) is 10.9. The van der Waals surface area contributed by atoms with Gasteiger partial charge in [-0.25, -0.2) is 0 Å². The molecule has 0 fully saturated rings. The van der Waals surface area contributed by atoms with Crippen molar-refractivity contribution in [3.05, 3.63) is 58.8 Å². The Morgan fingerprint density at radius 3 is 2.78 bits per heavy atom.